The highest BCUT2D eigenvalue weighted by Gasteiger charge is 2.26. The molecule has 70 valence electrons. The van der Waals surface area contributed by atoms with Crippen LogP contribution in [0.2, 0.25) is 0 Å². The minimum Gasteiger partial charge on any atom is -0.271 e. The fourth-order valence-corrected chi connectivity index (χ4v) is 2.26. The van der Waals surface area contributed by atoms with Crippen molar-refractivity contribution in [1.29, 1.82) is 0 Å². The molecule has 0 radical (unpaired) electrons. The second-order valence-corrected chi connectivity index (χ2v) is 3.72. The molecule has 2 heteroatoms. The topological polar surface area (TPSA) is 38.0 Å². The number of hydrogen-bond acceptors (Lipinski definition) is 2. The van der Waals surface area contributed by atoms with E-state index in [9.17, 15) is 0 Å². The fraction of sp³-hybridized carbons (Fsp3) is 0.455. The Balaban J connectivity index is 2.16. The van der Waals surface area contributed by atoms with Crippen molar-refractivity contribution in [2.24, 2.45) is 5.84 Å². The van der Waals surface area contributed by atoms with Crippen LogP contribution in [0, 0.1) is 0 Å². The minimum absolute atomic E-state index is 0.474. The third-order valence-electron chi connectivity index (χ3n) is 2.96. The quantitative estimate of drug-likeness (QED) is 0.532. The number of rotatable bonds is 2. The number of nitrogens with two attached hydrogens (primary N) is 1. The summed E-state index contributed by atoms with van der Waals surface area (Å²) in [5, 5.41) is 0. The second-order valence-electron chi connectivity index (χ2n) is 3.72. The number of hydrazine groups is 1. The van der Waals surface area contributed by atoms with E-state index in [1.54, 1.807) is 0 Å². The zero-order valence-electron chi connectivity index (χ0n) is 7.74. The standard InChI is InChI=1S/C11H16N2/c12-13-11-8-4-7-10(11)9-5-2-1-3-6-9/h1-3,5-6,10-11,13H,4,7-8,12H2. The van der Waals surface area contributed by atoms with Gasteiger partial charge in [-0.15, -0.1) is 0 Å². The molecular weight excluding hydrogens is 160 g/mol. The van der Waals surface area contributed by atoms with Crippen LogP contribution in [-0.4, -0.2) is 6.04 Å². The van der Waals surface area contributed by atoms with Crippen LogP contribution in [0.15, 0.2) is 30.3 Å². The Morgan fingerprint density at radius 1 is 1.15 bits per heavy atom. The third-order valence-corrected chi connectivity index (χ3v) is 2.96. The summed E-state index contributed by atoms with van der Waals surface area (Å²) >= 11 is 0. The van der Waals surface area contributed by atoms with Crippen LogP contribution in [0.5, 0.6) is 0 Å². The molecule has 2 rings (SSSR count). The zero-order valence-corrected chi connectivity index (χ0v) is 7.74. The fourth-order valence-electron chi connectivity index (χ4n) is 2.26. The van der Waals surface area contributed by atoms with Crippen molar-refractivity contribution in [3.8, 4) is 0 Å². The number of benzene rings is 1. The summed E-state index contributed by atoms with van der Waals surface area (Å²) in [7, 11) is 0. The molecule has 3 N–H and O–H groups in total. The summed E-state index contributed by atoms with van der Waals surface area (Å²) in [5.74, 6) is 6.13. The molecule has 2 nitrogen and oxygen atoms in total. The maximum Gasteiger partial charge on any atom is 0.0279 e. The molecule has 1 saturated carbocycles. The molecule has 0 spiro atoms. The lowest BCUT2D eigenvalue weighted by Gasteiger charge is -2.18. The highest BCUT2D eigenvalue weighted by molar-refractivity contribution is 5.22. The van der Waals surface area contributed by atoms with Gasteiger partial charge in [-0.2, -0.15) is 0 Å². The van der Waals surface area contributed by atoms with Crippen LogP contribution in [0.3, 0.4) is 0 Å². The highest BCUT2D eigenvalue weighted by Crippen LogP contribution is 2.33. The van der Waals surface area contributed by atoms with E-state index in [0.717, 1.165) is 0 Å². The average Bonchev–Trinajstić information content (AvgIpc) is 2.67. The van der Waals surface area contributed by atoms with Crippen LogP contribution < -0.4 is 11.3 Å². The van der Waals surface area contributed by atoms with Gasteiger partial charge in [-0.3, -0.25) is 11.3 Å². The number of nitrogens with one attached hydrogen (secondary N) is 1. The van der Waals surface area contributed by atoms with Crippen LogP contribution in [0.4, 0.5) is 0 Å². The Kier molecular flexibility index (Phi) is 2.62. The lowest BCUT2D eigenvalue weighted by molar-refractivity contribution is 0.493. The molecule has 1 fully saturated rings. The normalized spacial score (nSPS) is 27.8. The van der Waals surface area contributed by atoms with E-state index in [1.165, 1.54) is 24.8 Å². The Labute approximate surface area is 79.1 Å². The molecular formula is C11H16N2. The van der Waals surface area contributed by atoms with Crippen molar-refractivity contribution in [3.63, 3.8) is 0 Å². The molecule has 0 amide bonds. The van der Waals surface area contributed by atoms with E-state index in [0.29, 0.717) is 12.0 Å². The van der Waals surface area contributed by atoms with Gasteiger partial charge in [0, 0.05) is 12.0 Å². The summed E-state index contributed by atoms with van der Waals surface area (Å²) in [4.78, 5) is 0. The van der Waals surface area contributed by atoms with E-state index >= 15 is 0 Å². The second kappa shape index (κ2) is 3.90. The Morgan fingerprint density at radius 2 is 1.92 bits per heavy atom. The molecule has 2 atom stereocenters. The number of hydrogen-bond donors (Lipinski definition) is 2. The van der Waals surface area contributed by atoms with Gasteiger partial charge in [0.15, 0.2) is 0 Å². The van der Waals surface area contributed by atoms with E-state index in [-0.39, 0.29) is 0 Å². The van der Waals surface area contributed by atoms with Crippen molar-refractivity contribution in [2.45, 2.75) is 31.2 Å². The molecule has 0 heterocycles. The lowest BCUT2D eigenvalue weighted by Crippen LogP contribution is -2.36. The van der Waals surface area contributed by atoms with Crippen LogP contribution in [0.25, 0.3) is 0 Å². The van der Waals surface area contributed by atoms with Gasteiger partial charge in [-0.05, 0) is 18.4 Å². The molecule has 0 aliphatic heterocycles. The van der Waals surface area contributed by atoms with Gasteiger partial charge in [0.2, 0.25) is 0 Å². The van der Waals surface area contributed by atoms with Crippen molar-refractivity contribution >= 4 is 0 Å². The Morgan fingerprint density at radius 3 is 2.62 bits per heavy atom. The van der Waals surface area contributed by atoms with Crippen LogP contribution in [0.1, 0.15) is 30.7 Å². The van der Waals surface area contributed by atoms with Crippen LogP contribution in [-0.2, 0) is 0 Å². The summed E-state index contributed by atoms with van der Waals surface area (Å²) < 4.78 is 0. The first kappa shape index (κ1) is 8.73. The molecule has 1 aliphatic carbocycles. The summed E-state index contributed by atoms with van der Waals surface area (Å²) in [6.45, 7) is 0. The van der Waals surface area contributed by atoms with E-state index in [2.05, 4.69) is 35.8 Å². The molecule has 13 heavy (non-hydrogen) atoms. The summed E-state index contributed by atoms with van der Waals surface area (Å²) in [5.41, 5.74) is 4.33. The minimum atomic E-state index is 0.474. The summed E-state index contributed by atoms with van der Waals surface area (Å²) in [6.07, 6.45) is 3.75. The van der Waals surface area contributed by atoms with E-state index < -0.39 is 0 Å². The van der Waals surface area contributed by atoms with Gasteiger partial charge in [-0.25, -0.2) is 0 Å². The molecule has 1 aromatic carbocycles. The third kappa shape index (κ3) is 1.74. The average molecular weight is 176 g/mol. The van der Waals surface area contributed by atoms with Crippen molar-refractivity contribution in [2.75, 3.05) is 0 Å². The first-order chi connectivity index (χ1) is 6.42. The van der Waals surface area contributed by atoms with Gasteiger partial charge in [0.1, 0.15) is 0 Å². The maximum atomic E-state index is 5.51. The Hall–Kier alpha value is -0.860. The Bertz CT molecular complexity index is 258. The van der Waals surface area contributed by atoms with E-state index in [1.807, 2.05) is 0 Å². The van der Waals surface area contributed by atoms with Crippen molar-refractivity contribution in [3.05, 3.63) is 35.9 Å². The van der Waals surface area contributed by atoms with Crippen molar-refractivity contribution < 1.29 is 0 Å². The van der Waals surface area contributed by atoms with Gasteiger partial charge in [-0.1, -0.05) is 36.8 Å². The SMILES string of the molecule is NNC1CCCC1c1ccccc1. The van der Waals surface area contributed by atoms with Gasteiger partial charge >= 0.3 is 0 Å². The molecule has 1 aromatic rings. The molecule has 0 bridgehead atoms. The predicted octanol–water partition coefficient (Wildman–Crippen LogP) is 1.79. The summed E-state index contributed by atoms with van der Waals surface area (Å²) in [6, 6.07) is 11.1. The molecule has 2 unspecified atom stereocenters. The maximum absolute atomic E-state index is 5.51. The van der Waals surface area contributed by atoms with Crippen molar-refractivity contribution in [1.82, 2.24) is 5.43 Å². The zero-order chi connectivity index (χ0) is 9.10. The van der Waals surface area contributed by atoms with Gasteiger partial charge in [0.25, 0.3) is 0 Å². The molecule has 1 aliphatic rings. The lowest BCUT2D eigenvalue weighted by atomic mass is 9.95. The molecule has 0 aromatic heterocycles. The first-order valence-corrected chi connectivity index (χ1v) is 4.93. The monoisotopic (exact) mass is 176 g/mol. The van der Waals surface area contributed by atoms with Gasteiger partial charge in [0.05, 0.1) is 0 Å². The predicted molar refractivity (Wildman–Crippen MR) is 54.1 cm³/mol. The van der Waals surface area contributed by atoms with Gasteiger partial charge < -0.3 is 0 Å². The van der Waals surface area contributed by atoms with Crippen LogP contribution >= 0.6 is 0 Å². The largest absolute Gasteiger partial charge is 0.271 e. The highest BCUT2D eigenvalue weighted by atomic mass is 15.2. The smallest absolute Gasteiger partial charge is 0.0279 e. The van der Waals surface area contributed by atoms with E-state index in [4.69, 9.17) is 5.84 Å². The molecule has 0 saturated heterocycles. The first-order valence-electron chi connectivity index (χ1n) is 4.93.